The Hall–Kier alpha value is -3.71. The van der Waals surface area contributed by atoms with E-state index in [1.807, 2.05) is 56.3 Å². The molecule has 6 nitrogen and oxygen atoms in total. The van der Waals surface area contributed by atoms with Crippen LogP contribution < -0.4 is 15.0 Å². The molecular weight excluding hydrogens is 484 g/mol. The number of nitrogens with one attached hydrogen (secondary N) is 1. The first-order chi connectivity index (χ1) is 15.8. The SMILES string of the molecule is Cc1ccc(N2C(=O)NC(=O)/C(=C\c3ccc(OCc4ccccc4)c(Br)c3)C2=O)c(C)c1. The molecule has 7 heteroatoms. The summed E-state index contributed by atoms with van der Waals surface area (Å²) in [5.41, 5.74) is 3.73. The van der Waals surface area contributed by atoms with Crippen molar-refractivity contribution in [3.05, 3.63) is 99.0 Å². The van der Waals surface area contributed by atoms with Gasteiger partial charge in [-0.1, -0.05) is 54.1 Å². The summed E-state index contributed by atoms with van der Waals surface area (Å²) in [6.07, 6.45) is 1.46. The number of hydrogen-bond donors (Lipinski definition) is 1. The molecule has 1 aliphatic rings. The highest BCUT2D eigenvalue weighted by Crippen LogP contribution is 2.29. The molecule has 3 aromatic rings. The van der Waals surface area contributed by atoms with Crippen LogP contribution in [0.25, 0.3) is 6.08 Å². The fourth-order valence-electron chi connectivity index (χ4n) is 3.56. The minimum atomic E-state index is -0.764. The van der Waals surface area contributed by atoms with Crippen molar-refractivity contribution in [3.8, 4) is 5.75 Å². The fourth-order valence-corrected chi connectivity index (χ4v) is 4.07. The zero-order valence-electron chi connectivity index (χ0n) is 18.1. The van der Waals surface area contributed by atoms with E-state index in [1.54, 1.807) is 24.3 Å². The molecule has 3 aromatic carbocycles. The molecule has 1 aliphatic heterocycles. The number of ether oxygens (including phenoxy) is 1. The second kappa shape index (κ2) is 9.42. The molecule has 4 amide bonds. The van der Waals surface area contributed by atoms with Gasteiger partial charge in [-0.2, -0.15) is 0 Å². The summed E-state index contributed by atoms with van der Waals surface area (Å²) in [6, 6.07) is 19.7. The van der Waals surface area contributed by atoms with Crippen molar-refractivity contribution < 1.29 is 19.1 Å². The highest BCUT2D eigenvalue weighted by molar-refractivity contribution is 9.10. The Labute approximate surface area is 200 Å². The van der Waals surface area contributed by atoms with E-state index in [4.69, 9.17) is 4.74 Å². The topological polar surface area (TPSA) is 75.7 Å². The maximum absolute atomic E-state index is 13.1. The predicted octanol–water partition coefficient (Wildman–Crippen LogP) is 5.31. The lowest BCUT2D eigenvalue weighted by molar-refractivity contribution is -0.122. The number of halogens is 1. The van der Waals surface area contributed by atoms with E-state index < -0.39 is 17.8 Å². The summed E-state index contributed by atoms with van der Waals surface area (Å²) in [7, 11) is 0. The summed E-state index contributed by atoms with van der Waals surface area (Å²) >= 11 is 3.49. The van der Waals surface area contributed by atoms with E-state index in [2.05, 4.69) is 21.2 Å². The molecule has 0 atom stereocenters. The van der Waals surface area contributed by atoms with Gasteiger partial charge < -0.3 is 4.74 Å². The monoisotopic (exact) mass is 504 g/mol. The molecule has 4 rings (SSSR count). The van der Waals surface area contributed by atoms with Crippen LogP contribution in [0, 0.1) is 13.8 Å². The number of amides is 4. The quantitative estimate of drug-likeness (QED) is 0.377. The molecule has 0 unspecified atom stereocenters. The van der Waals surface area contributed by atoms with Crippen LogP contribution in [0.3, 0.4) is 0 Å². The molecule has 0 aromatic heterocycles. The van der Waals surface area contributed by atoms with Crippen LogP contribution in [0.1, 0.15) is 22.3 Å². The average molecular weight is 505 g/mol. The number of barbiturate groups is 1. The highest BCUT2D eigenvalue weighted by atomic mass is 79.9. The largest absolute Gasteiger partial charge is 0.488 e. The predicted molar refractivity (Wildman–Crippen MR) is 130 cm³/mol. The van der Waals surface area contributed by atoms with E-state index in [1.165, 1.54) is 6.08 Å². The van der Waals surface area contributed by atoms with Crippen LogP contribution in [-0.2, 0) is 16.2 Å². The normalized spacial score (nSPS) is 15.1. The van der Waals surface area contributed by atoms with Crippen LogP contribution >= 0.6 is 15.9 Å². The number of hydrogen-bond acceptors (Lipinski definition) is 4. The number of carbonyl (C=O) groups excluding carboxylic acids is 3. The van der Waals surface area contributed by atoms with Gasteiger partial charge in [0.15, 0.2) is 0 Å². The Morgan fingerprint density at radius 1 is 0.970 bits per heavy atom. The maximum Gasteiger partial charge on any atom is 0.335 e. The Morgan fingerprint density at radius 3 is 2.42 bits per heavy atom. The second-order valence-corrected chi connectivity index (χ2v) is 8.57. The molecular formula is C26H21BrN2O4. The molecule has 33 heavy (non-hydrogen) atoms. The third-order valence-corrected chi connectivity index (χ3v) is 5.82. The Bertz CT molecular complexity index is 1280. The minimum Gasteiger partial charge on any atom is -0.488 e. The minimum absolute atomic E-state index is 0.126. The van der Waals surface area contributed by atoms with Crippen molar-refractivity contribution >= 4 is 45.5 Å². The number of anilines is 1. The number of imide groups is 2. The molecule has 1 fully saturated rings. The van der Waals surface area contributed by atoms with Crippen LogP contribution in [0.15, 0.2) is 76.8 Å². The van der Waals surface area contributed by atoms with Crippen molar-refractivity contribution in [2.45, 2.75) is 20.5 Å². The smallest absolute Gasteiger partial charge is 0.335 e. The van der Waals surface area contributed by atoms with E-state index in [0.717, 1.165) is 21.6 Å². The summed E-state index contributed by atoms with van der Waals surface area (Å²) in [6.45, 7) is 4.15. The first-order valence-electron chi connectivity index (χ1n) is 10.3. The van der Waals surface area contributed by atoms with Crippen LogP contribution in [-0.4, -0.2) is 17.8 Å². The lowest BCUT2D eigenvalue weighted by Crippen LogP contribution is -2.54. The van der Waals surface area contributed by atoms with Crippen molar-refractivity contribution in [3.63, 3.8) is 0 Å². The van der Waals surface area contributed by atoms with Crippen LogP contribution in [0.5, 0.6) is 5.75 Å². The fraction of sp³-hybridized carbons (Fsp3) is 0.115. The van der Waals surface area contributed by atoms with Gasteiger partial charge in [0.25, 0.3) is 11.8 Å². The third kappa shape index (κ3) is 4.88. The molecule has 1 saturated heterocycles. The molecule has 1 heterocycles. The molecule has 0 radical (unpaired) electrons. The van der Waals surface area contributed by atoms with E-state index >= 15 is 0 Å². The van der Waals surface area contributed by atoms with Gasteiger partial charge in [-0.3, -0.25) is 14.9 Å². The van der Waals surface area contributed by atoms with Gasteiger partial charge in [0.1, 0.15) is 17.9 Å². The lowest BCUT2D eigenvalue weighted by Gasteiger charge is -2.27. The van der Waals surface area contributed by atoms with Gasteiger partial charge in [-0.25, -0.2) is 9.69 Å². The second-order valence-electron chi connectivity index (χ2n) is 7.71. The molecule has 1 N–H and O–H groups in total. The molecule has 166 valence electrons. The molecule has 0 aliphatic carbocycles. The van der Waals surface area contributed by atoms with Gasteiger partial charge in [0, 0.05) is 0 Å². The number of rotatable bonds is 5. The summed E-state index contributed by atoms with van der Waals surface area (Å²) in [5.74, 6) is -0.768. The number of carbonyl (C=O) groups is 3. The van der Waals surface area contributed by atoms with E-state index in [-0.39, 0.29) is 5.57 Å². The van der Waals surface area contributed by atoms with E-state index in [0.29, 0.717) is 28.1 Å². The van der Waals surface area contributed by atoms with Crippen LogP contribution in [0.4, 0.5) is 10.5 Å². The standard InChI is InChI=1S/C26H21BrN2O4/c1-16-8-10-22(17(2)12-16)29-25(31)20(24(30)28-26(29)32)13-19-9-11-23(21(27)14-19)33-15-18-6-4-3-5-7-18/h3-14H,15H2,1-2H3,(H,28,30,32)/b20-13+. The van der Waals surface area contributed by atoms with E-state index in [9.17, 15) is 14.4 Å². The van der Waals surface area contributed by atoms with Crippen molar-refractivity contribution in [2.24, 2.45) is 0 Å². The Kier molecular flexibility index (Phi) is 6.42. The summed E-state index contributed by atoms with van der Waals surface area (Å²) < 4.78 is 6.53. The maximum atomic E-state index is 13.1. The van der Waals surface area contributed by atoms with Gasteiger partial charge in [-0.15, -0.1) is 0 Å². The van der Waals surface area contributed by atoms with Gasteiger partial charge in [0.05, 0.1) is 10.2 Å². The first-order valence-corrected chi connectivity index (χ1v) is 11.1. The Morgan fingerprint density at radius 2 is 1.73 bits per heavy atom. The first kappa shape index (κ1) is 22.5. The number of aryl methyl sites for hydroxylation is 2. The van der Waals surface area contributed by atoms with Crippen molar-refractivity contribution in [1.29, 1.82) is 0 Å². The highest BCUT2D eigenvalue weighted by Gasteiger charge is 2.37. The van der Waals surface area contributed by atoms with Crippen molar-refractivity contribution in [1.82, 2.24) is 5.32 Å². The lowest BCUT2D eigenvalue weighted by atomic mass is 10.0. The molecule has 0 spiro atoms. The summed E-state index contributed by atoms with van der Waals surface area (Å²) in [5, 5.41) is 2.26. The summed E-state index contributed by atoms with van der Waals surface area (Å²) in [4.78, 5) is 39.1. The van der Waals surface area contributed by atoms with Crippen LogP contribution in [0.2, 0.25) is 0 Å². The Balaban J connectivity index is 1.59. The third-order valence-electron chi connectivity index (χ3n) is 5.20. The zero-order valence-corrected chi connectivity index (χ0v) is 19.7. The molecule has 0 saturated carbocycles. The van der Waals surface area contributed by atoms with Gasteiger partial charge >= 0.3 is 6.03 Å². The van der Waals surface area contributed by atoms with Gasteiger partial charge in [-0.05, 0) is 70.7 Å². The number of urea groups is 1. The van der Waals surface area contributed by atoms with Gasteiger partial charge in [0.2, 0.25) is 0 Å². The number of benzene rings is 3. The van der Waals surface area contributed by atoms with Crippen molar-refractivity contribution in [2.75, 3.05) is 4.90 Å². The molecule has 0 bridgehead atoms. The average Bonchev–Trinajstić information content (AvgIpc) is 2.78. The zero-order chi connectivity index (χ0) is 23.5. The number of nitrogens with zero attached hydrogens (tertiary/aromatic N) is 1.